The van der Waals surface area contributed by atoms with Gasteiger partial charge in [0, 0.05) is 6.92 Å². The maximum atomic E-state index is 12.5. The second-order valence-electron chi connectivity index (χ2n) is 14.6. The summed E-state index contributed by atoms with van der Waals surface area (Å²) in [6, 6.07) is -1.63. The number of carbonyl (C=O) groups excluding carboxylic acids is 1. The fourth-order valence-electron chi connectivity index (χ4n) is 7.21. The molecule has 0 unspecified atom stereocenters. The summed E-state index contributed by atoms with van der Waals surface area (Å²) in [6.07, 6.45) is -40.5. The van der Waals surface area contributed by atoms with Gasteiger partial charge >= 0.3 is 0 Å². The minimum absolute atomic E-state index is 0.771. The summed E-state index contributed by atoms with van der Waals surface area (Å²) in [6.45, 7) is 3.41. The molecular formula is C32H55NO23. The molecule has 56 heavy (non-hydrogen) atoms. The van der Waals surface area contributed by atoms with Gasteiger partial charge in [0.1, 0.15) is 104 Å². The molecular weight excluding hydrogens is 766 g/mol. The number of hydrogen-bond acceptors (Lipinski definition) is 23. The summed E-state index contributed by atoms with van der Waals surface area (Å²) in [5.41, 5.74) is 0. The van der Waals surface area contributed by atoms with Gasteiger partial charge in [-0.1, -0.05) is 0 Å². The lowest BCUT2D eigenvalue weighted by atomic mass is 9.94. The van der Waals surface area contributed by atoms with Crippen LogP contribution in [-0.2, 0) is 47.4 Å². The summed E-state index contributed by atoms with van der Waals surface area (Å²) >= 11 is 0. The molecule has 0 aromatic rings. The Morgan fingerprint density at radius 1 is 0.464 bits per heavy atom. The summed E-state index contributed by atoms with van der Waals surface area (Å²) in [4.78, 5) is 12.5. The monoisotopic (exact) mass is 821 g/mol. The van der Waals surface area contributed by atoms with Gasteiger partial charge in [0.2, 0.25) is 5.91 Å². The van der Waals surface area contributed by atoms with Crippen molar-refractivity contribution >= 4 is 5.91 Å². The van der Waals surface area contributed by atoms with Gasteiger partial charge in [-0.05, 0) is 20.8 Å². The third-order valence-corrected chi connectivity index (χ3v) is 10.6. The first-order valence-electron chi connectivity index (χ1n) is 18.2. The van der Waals surface area contributed by atoms with Crippen LogP contribution in [0.25, 0.3) is 0 Å². The second-order valence-corrected chi connectivity index (χ2v) is 14.6. The van der Waals surface area contributed by atoms with Crippen molar-refractivity contribution in [1.82, 2.24) is 5.32 Å². The van der Waals surface area contributed by atoms with Crippen molar-refractivity contribution in [1.29, 1.82) is 0 Å². The molecule has 5 aliphatic heterocycles. The van der Waals surface area contributed by atoms with Gasteiger partial charge in [-0.2, -0.15) is 0 Å². The van der Waals surface area contributed by atoms with E-state index in [0.717, 1.165) is 6.92 Å². The fraction of sp³-hybridized carbons (Fsp3) is 0.969. The summed E-state index contributed by atoms with van der Waals surface area (Å²) in [7, 11) is 0. The Morgan fingerprint density at radius 2 is 0.875 bits per heavy atom. The van der Waals surface area contributed by atoms with Gasteiger partial charge in [-0.15, -0.1) is 0 Å². The topological polar surface area (TPSA) is 375 Å². The zero-order valence-electron chi connectivity index (χ0n) is 30.7. The Bertz CT molecular complexity index is 1270. The van der Waals surface area contributed by atoms with E-state index in [1.54, 1.807) is 0 Å². The minimum Gasteiger partial charge on any atom is -0.394 e. The first-order valence-corrected chi connectivity index (χ1v) is 18.2. The molecule has 0 radical (unpaired) electrons. The highest BCUT2D eigenvalue weighted by atomic mass is 16.8. The number of hydrogen-bond donors (Lipinski definition) is 14. The maximum absolute atomic E-state index is 12.5. The molecule has 5 aliphatic rings. The zero-order chi connectivity index (χ0) is 41.5. The van der Waals surface area contributed by atoms with Crippen molar-refractivity contribution in [2.45, 2.75) is 181 Å². The van der Waals surface area contributed by atoms with E-state index in [2.05, 4.69) is 5.32 Å². The average molecular weight is 822 g/mol. The number of nitrogens with one attached hydrogen (secondary N) is 1. The molecule has 0 aromatic carbocycles. The molecule has 5 heterocycles. The van der Waals surface area contributed by atoms with Crippen LogP contribution in [0.1, 0.15) is 27.7 Å². The van der Waals surface area contributed by atoms with E-state index in [4.69, 9.17) is 42.6 Å². The SMILES string of the molecule is CC(=O)N[C@H]1[C@@H](O[C@H]2[C@H](O[C@H]3[C@H](O[C@@H]4[C@H](O)[C@@H](O)[C@H](C)O[C@H]4O)O[C@@H](C)[C@H](O)[C@H]3O)O[C@@H](C)[C@H](O)[C@H]2O)O[C@H](CO)[C@@H](O)[C@@H]1O[C@H]1O[C@H](CO)[C@@H](O)[C@H](O)[C@H]1O. The highest BCUT2D eigenvalue weighted by Gasteiger charge is 2.56. The van der Waals surface area contributed by atoms with Crippen molar-refractivity contribution in [2.24, 2.45) is 0 Å². The van der Waals surface area contributed by atoms with E-state index < -0.39 is 173 Å². The van der Waals surface area contributed by atoms with Crippen LogP contribution in [0.2, 0.25) is 0 Å². The van der Waals surface area contributed by atoms with Crippen molar-refractivity contribution in [3.63, 3.8) is 0 Å². The van der Waals surface area contributed by atoms with E-state index in [0.29, 0.717) is 0 Å². The predicted molar refractivity (Wildman–Crippen MR) is 174 cm³/mol. The minimum atomic E-state index is -1.97. The molecule has 0 spiro atoms. The number of amides is 1. The molecule has 326 valence electrons. The Labute approximate surface area is 319 Å². The second kappa shape index (κ2) is 18.9. The third kappa shape index (κ3) is 9.31. The number of rotatable bonds is 11. The van der Waals surface area contributed by atoms with Gasteiger partial charge in [-0.25, -0.2) is 0 Å². The Morgan fingerprint density at radius 3 is 1.38 bits per heavy atom. The van der Waals surface area contributed by atoms with Crippen molar-refractivity contribution in [2.75, 3.05) is 13.2 Å². The lowest BCUT2D eigenvalue weighted by Gasteiger charge is -2.50. The fourth-order valence-corrected chi connectivity index (χ4v) is 7.21. The van der Waals surface area contributed by atoms with Gasteiger partial charge in [0.05, 0.1) is 31.5 Å². The predicted octanol–water partition coefficient (Wildman–Crippen LogP) is -8.70. The molecule has 0 saturated carbocycles. The van der Waals surface area contributed by atoms with Crippen molar-refractivity contribution in [3.8, 4) is 0 Å². The molecule has 0 aliphatic carbocycles. The summed E-state index contributed by atoms with van der Waals surface area (Å²) in [5, 5.41) is 140. The highest BCUT2D eigenvalue weighted by molar-refractivity contribution is 5.73. The zero-order valence-corrected chi connectivity index (χ0v) is 30.7. The first-order chi connectivity index (χ1) is 26.3. The molecule has 1 amide bonds. The Kier molecular flexibility index (Phi) is 15.4. The van der Waals surface area contributed by atoms with Crippen LogP contribution in [0.5, 0.6) is 0 Å². The third-order valence-electron chi connectivity index (χ3n) is 10.6. The van der Waals surface area contributed by atoms with Gasteiger partial charge in [0.25, 0.3) is 0 Å². The molecule has 25 atom stereocenters. The van der Waals surface area contributed by atoms with E-state index >= 15 is 0 Å². The largest absolute Gasteiger partial charge is 0.394 e. The first kappa shape index (κ1) is 45.7. The van der Waals surface area contributed by atoms with Gasteiger partial charge < -0.3 is 114 Å². The van der Waals surface area contributed by atoms with Gasteiger partial charge in [0.15, 0.2) is 31.5 Å². The quantitative estimate of drug-likeness (QED) is 0.0920. The van der Waals surface area contributed by atoms with Crippen LogP contribution in [0.4, 0.5) is 0 Å². The van der Waals surface area contributed by atoms with Crippen molar-refractivity contribution < 1.29 is 114 Å². The van der Waals surface area contributed by atoms with E-state index in [-0.39, 0.29) is 0 Å². The molecule has 0 aromatic heterocycles. The van der Waals surface area contributed by atoms with E-state index in [9.17, 15) is 71.2 Å². The highest BCUT2D eigenvalue weighted by Crippen LogP contribution is 2.36. The number of aliphatic hydroxyl groups is 13. The van der Waals surface area contributed by atoms with Crippen LogP contribution >= 0.6 is 0 Å². The van der Waals surface area contributed by atoms with Gasteiger partial charge in [-0.3, -0.25) is 4.79 Å². The number of ether oxygens (including phenoxy) is 9. The summed E-state index contributed by atoms with van der Waals surface area (Å²) < 4.78 is 51.6. The molecule has 0 bridgehead atoms. The van der Waals surface area contributed by atoms with Crippen LogP contribution in [-0.4, -0.2) is 239 Å². The molecule has 24 heteroatoms. The van der Waals surface area contributed by atoms with Crippen LogP contribution in [0.3, 0.4) is 0 Å². The van der Waals surface area contributed by atoms with Crippen LogP contribution < -0.4 is 5.32 Å². The van der Waals surface area contributed by atoms with Crippen LogP contribution in [0.15, 0.2) is 0 Å². The van der Waals surface area contributed by atoms with Crippen LogP contribution in [0, 0.1) is 0 Å². The normalized spacial score (nSPS) is 53.1. The molecule has 5 saturated heterocycles. The molecule has 5 rings (SSSR count). The summed E-state index contributed by atoms with van der Waals surface area (Å²) in [5.74, 6) is -0.771. The van der Waals surface area contributed by atoms with E-state index in [1.807, 2.05) is 0 Å². The molecule has 5 fully saturated rings. The average Bonchev–Trinajstić information content (AvgIpc) is 3.15. The van der Waals surface area contributed by atoms with Crippen molar-refractivity contribution in [3.05, 3.63) is 0 Å². The maximum Gasteiger partial charge on any atom is 0.217 e. The lowest BCUT2D eigenvalue weighted by Crippen LogP contribution is -2.70. The number of carbonyl (C=O) groups is 1. The molecule has 24 nitrogen and oxygen atoms in total. The standard InChI is InChI=1S/C32H55NO23/c1-7-14(37)20(43)25(28(47)48-7)54-31-27(22(45)16(39)8(2)49-31)56-32-26(21(44)15(38)9(3)50-32)55-29-13(33-10(4)36)24(18(41)12(6-35)51-29)53-30-23(46)19(42)17(40)11(5-34)52-30/h7-9,11-32,34-35,37-47H,5-6H2,1-4H3,(H,33,36)/t7-,8-,9-,11+,12+,13+,14-,15-,16-,17+,18+,19-,20+,21+,22+,23+,24+,25+,26+,27+,28+,29+,30+,31-,32-/m0/s1. The lowest BCUT2D eigenvalue weighted by molar-refractivity contribution is -0.400. The Hall–Kier alpha value is -1.41. The molecule has 14 N–H and O–H groups in total. The smallest absolute Gasteiger partial charge is 0.217 e. The number of aliphatic hydroxyl groups excluding tert-OH is 13. The van der Waals surface area contributed by atoms with E-state index in [1.165, 1.54) is 20.8 Å². The Balaban J connectivity index is 1.44.